The third kappa shape index (κ3) is 9.23. The Morgan fingerprint density at radius 2 is 1.80 bits per heavy atom. The summed E-state index contributed by atoms with van der Waals surface area (Å²) in [4.78, 5) is 14.0. The van der Waals surface area contributed by atoms with Gasteiger partial charge in [0.15, 0.2) is 11.6 Å². The molecule has 44 heavy (non-hydrogen) atoms. The van der Waals surface area contributed by atoms with Crippen molar-refractivity contribution in [3.63, 3.8) is 0 Å². The zero-order chi connectivity index (χ0) is 31.9. The maximum Gasteiger partial charge on any atom is 0.573 e. The standard InChI is InChI=1S/C27H31F5N8O4/c1-26(2,3)44-25(41)40(15-16-10-19(28)23(20(29)11-16)43-27(30,31)32)7-4-5-8-42-9-6-33-21-12-17(24-36-38-39-37-24)13-22-18(21)14-34-35-22/h10-14,33H,4-9,15H2,1-3H3,(H,34,35)(H,36,37,38,39). The number of H-pyrrole nitrogens is 2. The first-order chi connectivity index (χ1) is 20.8. The van der Waals surface area contributed by atoms with Gasteiger partial charge in [0.25, 0.3) is 0 Å². The number of benzene rings is 2. The van der Waals surface area contributed by atoms with E-state index in [0.717, 1.165) is 22.2 Å². The zero-order valence-corrected chi connectivity index (χ0v) is 24.1. The SMILES string of the molecule is CC(C)(C)OC(=O)N(CCCCOCCNc1cc(-c2nn[nH]n2)cc2[nH]ncc12)Cc1cc(F)c(OC(F)(F)F)c(F)c1. The topological polar surface area (TPSA) is 143 Å². The number of unbranched alkanes of at least 4 members (excludes halogenated alkanes) is 1. The number of tetrazole rings is 1. The Hall–Kier alpha value is -4.54. The summed E-state index contributed by atoms with van der Waals surface area (Å²) in [6, 6.07) is 5.11. The summed E-state index contributed by atoms with van der Waals surface area (Å²) in [7, 11) is 0. The second kappa shape index (κ2) is 13.8. The van der Waals surface area contributed by atoms with Crippen LogP contribution in [0.15, 0.2) is 30.5 Å². The van der Waals surface area contributed by atoms with E-state index in [1.807, 2.05) is 12.1 Å². The molecule has 0 aliphatic rings. The van der Waals surface area contributed by atoms with Gasteiger partial charge in [-0.15, -0.1) is 23.4 Å². The van der Waals surface area contributed by atoms with Crippen LogP contribution in [0.3, 0.4) is 0 Å². The van der Waals surface area contributed by atoms with Crippen LogP contribution in [0.5, 0.6) is 5.75 Å². The molecule has 0 spiro atoms. The maximum atomic E-state index is 14.2. The average Bonchev–Trinajstić information content (AvgIpc) is 3.62. The van der Waals surface area contributed by atoms with Crippen LogP contribution < -0.4 is 10.1 Å². The molecular formula is C27H31F5N8O4. The second-order valence-corrected chi connectivity index (χ2v) is 10.7. The fourth-order valence-electron chi connectivity index (χ4n) is 4.18. The number of carbonyl (C=O) groups excluding carboxylic acids is 1. The number of aromatic nitrogens is 6. The molecule has 2 aromatic heterocycles. The number of ether oxygens (including phenoxy) is 3. The van der Waals surface area contributed by atoms with E-state index in [-0.39, 0.29) is 18.7 Å². The molecule has 0 radical (unpaired) electrons. The van der Waals surface area contributed by atoms with Crippen molar-refractivity contribution in [2.45, 2.75) is 52.1 Å². The first-order valence-electron chi connectivity index (χ1n) is 13.5. The molecule has 2 heterocycles. The molecule has 3 N–H and O–H groups in total. The Kier molecular flexibility index (Phi) is 10.2. The highest BCUT2D eigenvalue weighted by Crippen LogP contribution is 2.30. The number of nitrogens with one attached hydrogen (secondary N) is 3. The van der Waals surface area contributed by atoms with Gasteiger partial charge in [0, 0.05) is 42.9 Å². The van der Waals surface area contributed by atoms with Gasteiger partial charge < -0.3 is 24.4 Å². The number of alkyl halides is 3. The molecule has 12 nitrogen and oxygen atoms in total. The third-order valence-electron chi connectivity index (χ3n) is 5.99. The lowest BCUT2D eigenvalue weighted by Crippen LogP contribution is -2.37. The van der Waals surface area contributed by atoms with Crippen LogP contribution in [-0.2, 0) is 16.0 Å². The van der Waals surface area contributed by atoms with E-state index in [1.54, 1.807) is 27.0 Å². The number of hydrogen-bond acceptors (Lipinski definition) is 9. The van der Waals surface area contributed by atoms with Crippen LogP contribution >= 0.6 is 0 Å². The Bertz CT molecular complexity index is 1520. The zero-order valence-electron chi connectivity index (χ0n) is 24.1. The molecular weight excluding hydrogens is 595 g/mol. The fourth-order valence-corrected chi connectivity index (χ4v) is 4.18. The Balaban J connectivity index is 1.27. The molecule has 0 aliphatic carbocycles. The Morgan fingerprint density at radius 1 is 1.05 bits per heavy atom. The fraction of sp³-hybridized carbons (Fsp3) is 0.444. The largest absolute Gasteiger partial charge is 0.573 e. The summed E-state index contributed by atoms with van der Waals surface area (Å²) >= 11 is 0. The predicted octanol–water partition coefficient (Wildman–Crippen LogP) is 5.57. The second-order valence-electron chi connectivity index (χ2n) is 10.7. The lowest BCUT2D eigenvalue weighted by atomic mass is 10.1. The number of hydrogen-bond donors (Lipinski definition) is 3. The molecule has 0 saturated carbocycles. The van der Waals surface area contributed by atoms with Crippen LogP contribution in [0.1, 0.15) is 39.2 Å². The van der Waals surface area contributed by atoms with E-state index in [1.165, 1.54) is 4.90 Å². The van der Waals surface area contributed by atoms with Crippen LogP contribution in [0.4, 0.5) is 32.4 Å². The van der Waals surface area contributed by atoms with Gasteiger partial charge in [-0.1, -0.05) is 0 Å². The molecule has 0 saturated heterocycles. The Morgan fingerprint density at radius 3 is 2.45 bits per heavy atom. The van der Waals surface area contributed by atoms with Crippen LogP contribution in [0.25, 0.3) is 22.3 Å². The predicted molar refractivity (Wildman–Crippen MR) is 147 cm³/mol. The monoisotopic (exact) mass is 626 g/mol. The van der Waals surface area contributed by atoms with Gasteiger partial charge >= 0.3 is 12.5 Å². The molecule has 0 bridgehead atoms. The number of rotatable bonds is 13. The van der Waals surface area contributed by atoms with Crippen molar-refractivity contribution in [3.8, 4) is 17.1 Å². The molecule has 4 rings (SSSR count). The first-order valence-corrected chi connectivity index (χ1v) is 13.5. The van der Waals surface area contributed by atoms with Gasteiger partial charge in [-0.05, 0) is 68.7 Å². The molecule has 0 unspecified atom stereocenters. The summed E-state index contributed by atoms with van der Waals surface area (Å²) < 4.78 is 80.5. The highest BCUT2D eigenvalue weighted by atomic mass is 19.4. The number of carbonyl (C=O) groups is 1. The minimum atomic E-state index is -5.27. The van der Waals surface area contributed by atoms with E-state index < -0.39 is 35.4 Å². The lowest BCUT2D eigenvalue weighted by molar-refractivity contribution is -0.276. The third-order valence-corrected chi connectivity index (χ3v) is 5.99. The lowest BCUT2D eigenvalue weighted by Gasteiger charge is -2.27. The van der Waals surface area contributed by atoms with Crippen molar-refractivity contribution >= 4 is 22.7 Å². The maximum absolute atomic E-state index is 14.2. The minimum Gasteiger partial charge on any atom is -0.444 e. The van der Waals surface area contributed by atoms with E-state index in [0.29, 0.717) is 50.6 Å². The number of nitrogens with zero attached hydrogens (tertiary/aromatic N) is 5. The molecule has 4 aromatic rings. The van der Waals surface area contributed by atoms with E-state index >= 15 is 0 Å². The Labute approximate surface area is 248 Å². The number of anilines is 1. The van der Waals surface area contributed by atoms with Crippen molar-refractivity contribution in [3.05, 3.63) is 47.7 Å². The van der Waals surface area contributed by atoms with Gasteiger partial charge in [-0.25, -0.2) is 13.6 Å². The molecule has 17 heteroatoms. The summed E-state index contributed by atoms with van der Waals surface area (Å²) in [6.07, 6.45) is -3.32. The average molecular weight is 627 g/mol. The van der Waals surface area contributed by atoms with E-state index in [2.05, 4.69) is 40.9 Å². The first kappa shape index (κ1) is 32.4. The molecule has 0 fully saturated rings. The van der Waals surface area contributed by atoms with Crippen molar-refractivity contribution in [1.29, 1.82) is 0 Å². The van der Waals surface area contributed by atoms with Gasteiger partial charge in [0.05, 0.1) is 18.3 Å². The number of aromatic amines is 2. The van der Waals surface area contributed by atoms with Crippen LogP contribution in [0.2, 0.25) is 0 Å². The van der Waals surface area contributed by atoms with Crippen molar-refractivity contribution in [2.75, 3.05) is 31.6 Å². The van der Waals surface area contributed by atoms with E-state index in [4.69, 9.17) is 9.47 Å². The molecule has 1 amide bonds. The molecule has 0 aliphatic heterocycles. The number of halogens is 5. The van der Waals surface area contributed by atoms with Gasteiger partial charge in [-0.2, -0.15) is 10.3 Å². The number of fused-ring (bicyclic) bond motifs is 1. The quantitative estimate of drug-likeness (QED) is 0.128. The summed E-state index contributed by atoms with van der Waals surface area (Å²) in [5.41, 5.74) is 1.42. The molecule has 2 aromatic carbocycles. The summed E-state index contributed by atoms with van der Waals surface area (Å²) in [5.74, 6) is -4.22. The summed E-state index contributed by atoms with van der Waals surface area (Å²) in [6.45, 7) is 6.03. The van der Waals surface area contributed by atoms with E-state index in [9.17, 15) is 26.7 Å². The smallest absolute Gasteiger partial charge is 0.444 e. The van der Waals surface area contributed by atoms with Gasteiger partial charge in [0.2, 0.25) is 11.6 Å². The van der Waals surface area contributed by atoms with Crippen molar-refractivity contribution in [2.24, 2.45) is 0 Å². The van der Waals surface area contributed by atoms with Crippen molar-refractivity contribution in [1.82, 2.24) is 35.7 Å². The van der Waals surface area contributed by atoms with Gasteiger partial charge in [0.1, 0.15) is 5.60 Å². The molecule has 238 valence electrons. The van der Waals surface area contributed by atoms with Gasteiger partial charge in [-0.3, -0.25) is 5.10 Å². The number of amides is 1. The molecule has 0 atom stereocenters. The highest BCUT2D eigenvalue weighted by Gasteiger charge is 2.34. The summed E-state index contributed by atoms with van der Waals surface area (Å²) in [5, 5.41) is 25.2. The van der Waals surface area contributed by atoms with Crippen LogP contribution in [-0.4, -0.2) is 80.1 Å². The normalized spacial score (nSPS) is 12.0. The minimum absolute atomic E-state index is 0.0714. The van der Waals surface area contributed by atoms with Crippen LogP contribution in [0, 0.1) is 11.6 Å². The van der Waals surface area contributed by atoms with Crippen molar-refractivity contribution < 1.29 is 41.0 Å². The highest BCUT2D eigenvalue weighted by molar-refractivity contribution is 5.94.